The molecule has 0 fully saturated rings. The molecule has 6 aromatic carbocycles. The molecule has 0 amide bonds. The number of aromatic nitrogens is 2. The minimum Gasteiger partial charge on any atom is -0.353 e. The Morgan fingerprint density at radius 2 is 0.863 bits per heavy atom. The van der Waals surface area contributed by atoms with Crippen molar-refractivity contribution in [3.05, 3.63) is 149 Å². The molecule has 0 N–H and O–H groups in total. The molecule has 6 heteroatoms. The van der Waals surface area contributed by atoms with Gasteiger partial charge in [-0.1, -0.05) is 72.8 Å². The van der Waals surface area contributed by atoms with Crippen LogP contribution < -0.4 is 4.90 Å². The van der Waals surface area contributed by atoms with Gasteiger partial charge >= 0.3 is 0 Å². The number of para-hydroxylation sites is 4. The first kappa shape index (κ1) is 30.3. The first-order valence-electron chi connectivity index (χ1n) is 17.1. The Morgan fingerprint density at radius 3 is 1.39 bits per heavy atom. The molecule has 0 saturated carbocycles. The Morgan fingerprint density at radius 1 is 0.431 bits per heavy atom. The molecule has 0 aliphatic carbocycles. The van der Waals surface area contributed by atoms with Crippen LogP contribution in [0.2, 0.25) is 0 Å². The van der Waals surface area contributed by atoms with Crippen molar-refractivity contribution in [3.63, 3.8) is 0 Å². The van der Waals surface area contributed by atoms with Gasteiger partial charge in [0.25, 0.3) is 0 Å². The lowest BCUT2D eigenvalue weighted by molar-refractivity contribution is 0.402. The first-order valence-corrected chi connectivity index (χ1v) is 17.1. The van der Waals surface area contributed by atoms with Gasteiger partial charge in [-0.15, -0.1) is 0 Å². The van der Waals surface area contributed by atoms with Crippen molar-refractivity contribution >= 4 is 49.3 Å². The van der Waals surface area contributed by atoms with E-state index in [2.05, 4.69) is 139 Å². The van der Waals surface area contributed by atoms with E-state index < -0.39 is 11.1 Å². The molecule has 0 spiro atoms. The van der Waals surface area contributed by atoms with Crippen LogP contribution in [0.3, 0.4) is 0 Å². The lowest BCUT2D eigenvalue weighted by Gasteiger charge is -2.43. The number of fused-ring (bicyclic) bond motifs is 7. The Labute approximate surface area is 295 Å². The highest BCUT2D eigenvalue weighted by Gasteiger charge is 2.53. The molecular weight excluding hydrogens is 625 g/mol. The molecule has 1 aliphatic rings. The molecule has 0 atom stereocenters. The molecule has 0 saturated heterocycles. The summed E-state index contributed by atoms with van der Waals surface area (Å²) >= 11 is 0. The molecule has 51 heavy (non-hydrogen) atoms. The van der Waals surface area contributed by atoms with Gasteiger partial charge in [0.2, 0.25) is 0 Å². The van der Waals surface area contributed by atoms with E-state index in [1.165, 1.54) is 0 Å². The van der Waals surface area contributed by atoms with Gasteiger partial charge in [-0.2, -0.15) is 15.8 Å². The highest BCUT2D eigenvalue weighted by atomic mass is 15.3. The van der Waals surface area contributed by atoms with E-state index in [4.69, 9.17) is 0 Å². The molecule has 2 aromatic heterocycles. The van der Waals surface area contributed by atoms with E-state index in [0.717, 1.165) is 66.1 Å². The second-order valence-electron chi connectivity index (χ2n) is 14.3. The zero-order chi connectivity index (χ0) is 35.2. The van der Waals surface area contributed by atoms with Crippen LogP contribution in [0.4, 0.5) is 5.69 Å². The van der Waals surface area contributed by atoms with E-state index in [-0.39, 0.29) is 5.56 Å². The fourth-order valence-corrected chi connectivity index (χ4v) is 9.19. The Balaban J connectivity index is 1.46. The summed E-state index contributed by atoms with van der Waals surface area (Å²) < 4.78 is 4.36. The van der Waals surface area contributed by atoms with Gasteiger partial charge in [-0.25, -0.2) is 0 Å². The van der Waals surface area contributed by atoms with Gasteiger partial charge in [0.1, 0.15) is 18.2 Å². The van der Waals surface area contributed by atoms with Crippen LogP contribution in [0, 0.1) is 34.0 Å². The second-order valence-corrected chi connectivity index (χ2v) is 14.3. The molecule has 242 valence electrons. The molecule has 0 bridgehead atoms. The summed E-state index contributed by atoms with van der Waals surface area (Å²) in [6.07, 6.45) is 0. The Kier molecular flexibility index (Phi) is 6.29. The van der Waals surface area contributed by atoms with Crippen LogP contribution in [0.25, 0.3) is 55.0 Å². The lowest BCUT2D eigenvalue weighted by atomic mass is 9.81. The maximum absolute atomic E-state index is 11.2. The van der Waals surface area contributed by atoms with Crippen molar-refractivity contribution in [2.75, 3.05) is 4.90 Å². The summed E-state index contributed by atoms with van der Waals surface area (Å²) in [6, 6.07) is 48.9. The van der Waals surface area contributed by atoms with Crippen molar-refractivity contribution in [2.24, 2.45) is 0 Å². The predicted octanol–water partition coefficient (Wildman–Crippen LogP) is 10.5. The maximum atomic E-state index is 11.2. The minimum atomic E-state index is -0.701. The van der Waals surface area contributed by atoms with Gasteiger partial charge in [-0.05, 0) is 76.2 Å². The number of nitriles is 3. The summed E-state index contributed by atoms with van der Waals surface area (Å²) in [4.78, 5) is 2.28. The van der Waals surface area contributed by atoms with Crippen LogP contribution in [0.1, 0.15) is 55.5 Å². The maximum Gasteiger partial charge on any atom is 0.103 e. The zero-order valence-corrected chi connectivity index (χ0v) is 28.7. The van der Waals surface area contributed by atoms with Gasteiger partial charge in [0.05, 0.1) is 55.5 Å². The fraction of sp³-hybridized carbons (Fsp3) is 0.133. The third-order valence-electron chi connectivity index (χ3n) is 10.9. The van der Waals surface area contributed by atoms with E-state index in [0.29, 0.717) is 16.8 Å². The molecule has 9 rings (SSSR count). The zero-order valence-electron chi connectivity index (χ0n) is 28.7. The third-order valence-corrected chi connectivity index (χ3v) is 10.9. The Hall–Kier alpha value is -6.81. The standard InChI is InChI=1S/C45H32N6/c1-44(2)41-34(25-46)35(26-47)43(36(27-48)42(41)45(3,4)51(44)29-17-9-6-10-18-29)50-38-22-14-12-20-31(38)33-23-39-32(24-40(33)50)30-19-11-13-21-37(30)49(39)28-15-7-5-8-16-28/h5-24H,1-4H3. The molecule has 6 nitrogen and oxygen atoms in total. The van der Waals surface area contributed by atoms with E-state index in [9.17, 15) is 15.8 Å². The second kappa shape index (κ2) is 10.6. The van der Waals surface area contributed by atoms with E-state index in [1.807, 2.05) is 42.5 Å². The highest BCUT2D eigenvalue weighted by molar-refractivity contribution is 6.19. The Bertz CT molecular complexity index is 2890. The number of nitrogens with zero attached hydrogens (tertiary/aromatic N) is 6. The number of hydrogen-bond donors (Lipinski definition) is 0. The predicted molar refractivity (Wildman–Crippen MR) is 204 cm³/mol. The first-order chi connectivity index (χ1) is 24.7. The molecule has 0 radical (unpaired) electrons. The summed E-state index contributed by atoms with van der Waals surface area (Å²) in [5.74, 6) is 0. The van der Waals surface area contributed by atoms with Crippen LogP contribution >= 0.6 is 0 Å². The molecule has 0 unspecified atom stereocenters. The largest absolute Gasteiger partial charge is 0.353 e. The van der Waals surface area contributed by atoms with Gasteiger partial charge < -0.3 is 14.0 Å². The van der Waals surface area contributed by atoms with Gasteiger partial charge in [-0.3, -0.25) is 0 Å². The number of anilines is 1. The quantitative estimate of drug-likeness (QED) is 0.189. The normalized spacial score (nSPS) is 14.5. The lowest BCUT2D eigenvalue weighted by Crippen LogP contribution is -2.45. The van der Waals surface area contributed by atoms with Gasteiger partial charge in [0, 0.05) is 44.0 Å². The number of rotatable bonds is 3. The average molecular weight is 657 g/mol. The fourth-order valence-electron chi connectivity index (χ4n) is 9.19. The smallest absolute Gasteiger partial charge is 0.103 e. The van der Waals surface area contributed by atoms with Crippen LogP contribution in [0.15, 0.2) is 121 Å². The van der Waals surface area contributed by atoms with Crippen molar-refractivity contribution in [3.8, 4) is 29.6 Å². The monoisotopic (exact) mass is 656 g/mol. The molecular formula is C45H32N6. The summed E-state index contributed by atoms with van der Waals surface area (Å²) in [5, 5.41) is 37.3. The van der Waals surface area contributed by atoms with Gasteiger partial charge in [0.15, 0.2) is 0 Å². The van der Waals surface area contributed by atoms with Crippen LogP contribution in [0.5, 0.6) is 0 Å². The third kappa shape index (κ3) is 3.89. The van der Waals surface area contributed by atoms with E-state index in [1.54, 1.807) is 0 Å². The van der Waals surface area contributed by atoms with Crippen molar-refractivity contribution in [2.45, 2.75) is 38.8 Å². The molecule has 1 aliphatic heterocycles. The van der Waals surface area contributed by atoms with Crippen LogP contribution in [-0.2, 0) is 11.1 Å². The van der Waals surface area contributed by atoms with Crippen molar-refractivity contribution in [1.29, 1.82) is 15.8 Å². The number of hydrogen-bond acceptors (Lipinski definition) is 4. The highest BCUT2D eigenvalue weighted by Crippen LogP contribution is 2.56. The molecule has 3 heterocycles. The topological polar surface area (TPSA) is 84.5 Å². The van der Waals surface area contributed by atoms with Crippen molar-refractivity contribution < 1.29 is 0 Å². The van der Waals surface area contributed by atoms with E-state index >= 15 is 0 Å². The summed E-state index contributed by atoms with van der Waals surface area (Å²) in [5.41, 5.74) is 7.41. The number of benzene rings is 6. The molecule has 8 aromatic rings. The summed E-state index contributed by atoms with van der Waals surface area (Å²) in [7, 11) is 0. The summed E-state index contributed by atoms with van der Waals surface area (Å²) in [6.45, 7) is 8.38. The van der Waals surface area contributed by atoms with Crippen LogP contribution in [-0.4, -0.2) is 9.13 Å². The average Bonchev–Trinajstić information content (AvgIpc) is 3.70. The minimum absolute atomic E-state index is 0.209. The SMILES string of the molecule is CC1(C)c2c(C#N)c(C#N)c(-n3c4ccccc4c4cc5c(cc43)c3ccccc3n5-c3ccccc3)c(C#N)c2C(C)(C)N1c1ccccc1. The van der Waals surface area contributed by atoms with Crippen molar-refractivity contribution in [1.82, 2.24) is 9.13 Å².